The molecule has 0 bridgehead atoms. The Morgan fingerprint density at radius 1 is 1.03 bits per heavy atom. The van der Waals surface area contributed by atoms with Gasteiger partial charge < -0.3 is 5.73 Å². The third-order valence-electron chi connectivity index (χ3n) is 5.16. The molecule has 1 aliphatic rings. The highest BCUT2D eigenvalue weighted by Crippen LogP contribution is 2.42. The van der Waals surface area contributed by atoms with Gasteiger partial charge in [0.1, 0.15) is 5.82 Å². The normalized spacial score (nSPS) is 18.8. The number of guanidine groups is 1. The third kappa shape index (κ3) is 3.26. The summed E-state index contributed by atoms with van der Waals surface area (Å²) in [5.41, 5.74) is 1.95. The van der Waals surface area contributed by atoms with Crippen LogP contribution in [0.2, 0.25) is 0 Å². The van der Waals surface area contributed by atoms with E-state index in [-0.39, 0.29) is 28.2 Å². The van der Waals surface area contributed by atoms with Crippen molar-refractivity contribution in [3.63, 3.8) is 0 Å². The van der Waals surface area contributed by atoms with Crippen LogP contribution in [0, 0.1) is 11.8 Å². The van der Waals surface area contributed by atoms with Crippen molar-refractivity contribution in [3.8, 4) is 11.1 Å². The Labute approximate surface area is 178 Å². The lowest BCUT2D eigenvalue weighted by molar-refractivity contribution is -0.138. The van der Waals surface area contributed by atoms with Gasteiger partial charge in [-0.1, -0.05) is 6.07 Å². The molecule has 0 radical (unpaired) electrons. The molecule has 6 nitrogen and oxygen atoms in total. The minimum absolute atomic E-state index is 0.0180. The highest BCUT2D eigenvalue weighted by Gasteiger charge is 2.50. The van der Waals surface area contributed by atoms with Crippen LogP contribution in [0.4, 0.5) is 22.0 Å². The number of halogens is 5. The lowest BCUT2D eigenvalue weighted by Crippen LogP contribution is -2.41. The van der Waals surface area contributed by atoms with Crippen LogP contribution >= 0.6 is 0 Å². The molecule has 1 amide bonds. The van der Waals surface area contributed by atoms with Crippen LogP contribution in [0.15, 0.2) is 60.0 Å². The Morgan fingerprint density at radius 3 is 2.41 bits per heavy atom. The third-order valence-corrected chi connectivity index (χ3v) is 5.16. The van der Waals surface area contributed by atoms with Crippen molar-refractivity contribution in [2.24, 2.45) is 10.7 Å². The van der Waals surface area contributed by atoms with E-state index in [0.29, 0.717) is 6.20 Å². The van der Waals surface area contributed by atoms with E-state index in [2.05, 4.69) is 15.0 Å². The monoisotopic (exact) mass is 447 g/mol. The maximum atomic E-state index is 14.6. The number of likely N-dealkylation sites (N-methyl/N-ethyl adjacent to an activating group) is 1. The van der Waals surface area contributed by atoms with Crippen LogP contribution in [0.1, 0.15) is 16.7 Å². The van der Waals surface area contributed by atoms with Gasteiger partial charge in [0, 0.05) is 42.3 Å². The summed E-state index contributed by atoms with van der Waals surface area (Å²) in [7, 11) is 1.30. The number of hydrogen-bond donors (Lipinski definition) is 1. The molecule has 1 atom stereocenters. The second-order valence-electron chi connectivity index (χ2n) is 7.04. The molecule has 0 fully saturated rings. The maximum Gasteiger partial charge on any atom is 0.417 e. The fourth-order valence-electron chi connectivity index (χ4n) is 3.52. The highest BCUT2D eigenvalue weighted by molar-refractivity contribution is 6.09. The summed E-state index contributed by atoms with van der Waals surface area (Å²) in [4.78, 5) is 25.5. The van der Waals surface area contributed by atoms with Crippen molar-refractivity contribution in [2.75, 3.05) is 7.05 Å². The Morgan fingerprint density at radius 2 is 1.78 bits per heavy atom. The molecule has 1 unspecified atom stereocenters. The van der Waals surface area contributed by atoms with Crippen molar-refractivity contribution in [1.29, 1.82) is 0 Å². The van der Waals surface area contributed by atoms with E-state index in [9.17, 15) is 26.7 Å². The Bertz CT molecular complexity index is 1260. The number of hydrogen-bond acceptors (Lipinski definition) is 5. The fourth-order valence-corrected chi connectivity index (χ4v) is 3.52. The van der Waals surface area contributed by atoms with E-state index < -0.39 is 35.0 Å². The number of pyridine rings is 2. The van der Waals surface area contributed by atoms with E-state index >= 15 is 0 Å². The van der Waals surface area contributed by atoms with E-state index in [1.54, 1.807) is 0 Å². The summed E-state index contributed by atoms with van der Waals surface area (Å²) in [6.45, 7) is 0. The first kappa shape index (κ1) is 21.3. The minimum Gasteiger partial charge on any atom is -0.369 e. The zero-order valence-electron chi connectivity index (χ0n) is 16.4. The van der Waals surface area contributed by atoms with Crippen LogP contribution < -0.4 is 5.73 Å². The molecule has 0 saturated carbocycles. The van der Waals surface area contributed by atoms with Gasteiger partial charge in [0.15, 0.2) is 11.5 Å². The van der Waals surface area contributed by atoms with Gasteiger partial charge in [0.25, 0.3) is 5.91 Å². The highest BCUT2D eigenvalue weighted by atomic mass is 19.4. The van der Waals surface area contributed by atoms with Gasteiger partial charge in [0.05, 0.1) is 5.56 Å². The van der Waals surface area contributed by atoms with Gasteiger partial charge in [-0.25, -0.2) is 14.4 Å². The first-order chi connectivity index (χ1) is 15.1. The summed E-state index contributed by atoms with van der Waals surface area (Å²) in [5, 5.41) is 0. The molecule has 2 aromatic heterocycles. The summed E-state index contributed by atoms with van der Waals surface area (Å²) < 4.78 is 68.8. The molecular formula is C21H14F5N5O. The number of carbonyl (C=O) groups is 1. The number of nitrogens with two attached hydrogens (primary N) is 1. The van der Waals surface area contributed by atoms with Gasteiger partial charge in [-0.05, 0) is 35.9 Å². The maximum absolute atomic E-state index is 14.6. The molecule has 0 spiro atoms. The molecular weight excluding hydrogens is 433 g/mol. The molecule has 2 N–H and O–H groups in total. The smallest absolute Gasteiger partial charge is 0.369 e. The molecule has 0 aliphatic carbocycles. The molecule has 1 aliphatic heterocycles. The predicted molar refractivity (Wildman–Crippen MR) is 104 cm³/mol. The molecule has 32 heavy (non-hydrogen) atoms. The van der Waals surface area contributed by atoms with Gasteiger partial charge in [-0.15, -0.1) is 0 Å². The standard InChI is InChI=1S/C21H14F5N5O/c1-31-18(32)20(30-19(31)27,12-7-13(10-28-9-12)21(24,25)26)11-4-5-16(22)15(8-11)14-3-2-6-29-17(14)23/h2-10H,1H3,(H2,27,30). The number of aromatic nitrogens is 2. The van der Waals surface area contributed by atoms with Crippen molar-refractivity contribution in [3.05, 3.63) is 83.4 Å². The zero-order chi connectivity index (χ0) is 23.3. The lowest BCUT2D eigenvalue weighted by atomic mass is 9.82. The number of nitrogens with zero attached hydrogens (tertiary/aromatic N) is 4. The first-order valence-electron chi connectivity index (χ1n) is 9.13. The van der Waals surface area contributed by atoms with E-state index in [1.807, 2.05) is 0 Å². The predicted octanol–water partition coefficient (Wildman–Crippen LogP) is 3.47. The molecule has 0 saturated heterocycles. The summed E-state index contributed by atoms with van der Waals surface area (Å²) in [6, 6.07) is 6.70. The van der Waals surface area contributed by atoms with E-state index in [4.69, 9.17) is 5.73 Å². The molecule has 1 aromatic carbocycles. The number of rotatable bonds is 3. The second-order valence-corrected chi connectivity index (χ2v) is 7.04. The van der Waals surface area contributed by atoms with Crippen molar-refractivity contribution in [2.45, 2.75) is 11.7 Å². The Balaban J connectivity index is 2.00. The number of alkyl halides is 3. The van der Waals surface area contributed by atoms with E-state index in [0.717, 1.165) is 29.3 Å². The van der Waals surface area contributed by atoms with Crippen LogP contribution in [-0.2, 0) is 16.5 Å². The topological polar surface area (TPSA) is 84.5 Å². The summed E-state index contributed by atoms with van der Waals surface area (Å²) in [5.74, 6) is -2.82. The lowest BCUT2D eigenvalue weighted by Gasteiger charge is -2.27. The number of aliphatic imine (C=N–C) groups is 1. The zero-order valence-corrected chi connectivity index (χ0v) is 16.4. The molecule has 4 rings (SSSR count). The largest absolute Gasteiger partial charge is 0.417 e. The van der Waals surface area contributed by atoms with E-state index in [1.165, 1.54) is 31.4 Å². The first-order valence-corrected chi connectivity index (χ1v) is 9.13. The fraction of sp³-hybridized carbons (Fsp3) is 0.143. The quantitative estimate of drug-likeness (QED) is 0.492. The second kappa shape index (κ2) is 7.36. The van der Waals surface area contributed by atoms with Crippen molar-refractivity contribution >= 4 is 11.9 Å². The number of carbonyl (C=O) groups excluding carboxylic acids is 1. The average Bonchev–Trinajstić information content (AvgIpc) is 2.99. The molecule has 164 valence electrons. The Hall–Kier alpha value is -3.89. The SMILES string of the molecule is CN1C(=O)C(c2cncc(C(F)(F)F)c2)(c2ccc(F)c(-c3cccnc3F)c2)N=C1N. The van der Waals surface area contributed by atoms with Crippen LogP contribution in [0.3, 0.4) is 0 Å². The minimum atomic E-state index is -4.74. The average molecular weight is 447 g/mol. The van der Waals surface area contributed by atoms with Gasteiger partial charge in [-0.2, -0.15) is 17.6 Å². The van der Waals surface area contributed by atoms with Crippen molar-refractivity contribution < 1.29 is 26.7 Å². The van der Waals surface area contributed by atoms with Crippen molar-refractivity contribution in [1.82, 2.24) is 14.9 Å². The van der Waals surface area contributed by atoms with Gasteiger partial charge >= 0.3 is 6.18 Å². The number of amides is 1. The summed E-state index contributed by atoms with van der Waals surface area (Å²) >= 11 is 0. The molecule has 3 heterocycles. The van der Waals surface area contributed by atoms with Gasteiger partial charge in [0.2, 0.25) is 5.95 Å². The van der Waals surface area contributed by atoms with Crippen LogP contribution in [-0.4, -0.2) is 33.8 Å². The molecule has 11 heteroatoms. The summed E-state index contributed by atoms with van der Waals surface area (Å²) in [6.07, 6.45) is -1.90. The Kier molecular flexibility index (Phi) is 4.91. The van der Waals surface area contributed by atoms with Gasteiger partial charge in [-0.3, -0.25) is 14.7 Å². The molecule has 3 aromatic rings. The van der Waals surface area contributed by atoms with Crippen LogP contribution in [0.25, 0.3) is 11.1 Å². The van der Waals surface area contributed by atoms with Crippen LogP contribution in [0.5, 0.6) is 0 Å². The number of benzene rings is 1.